The van der Waals surface area contributed by atoms with Crippen LogP contribution in [0.5, 0.6) is 5.75 Å². The third-order valence-electron chi connectivity index (χ3n) is 4.53. The average molecular weight is 356 g/mol. The van der Waals surface area contributed by atoms with Crippen molar-refractivity contribution in [2.45, 2.75) is 44.0 Å². The van der Waals surface area contributed by atoms with E-state index in [0.717, 1.165) is 23.5 Å². The van der Waals surface area contributed by atoms with Gasteiger partial charge in [-0.15, -0.1) is 11.8 Å². The van der Waals surface area contributed by atoms with Crippen molar-refractivity contribution in [3.8, 4) is 5.75 Å². The number of fused-ring (bicyclic) bond motifs is 1. The Morgan fingerprint density at radius 2 is 2.08 bits per heavy atom. The van der Waals surface area contributed by atoms with Crippen molar-refractivity contribution in [3.63, 3.8) is 0 Å². The van der Waals surface area contributed by atoms with Crippen LogP contribution in [-0.4, -0.2) is 18.3 Å². The molecule has 3 nitrogen and oxygen atoms in total. The van der Waals surface area contributed by atoms with Crippen LogP contribution in [0.4, 0.5) is 0 Å². The van der Waals surface area contributed by atoms with Crippen molar-refractivity contribution in [3.05, 3.63) is 59.2 Å². The number of amides is 1. The highest BCUT2D eigenvalue weighted by molar-refractivity contribution is 7.99. The first-order chi connectivity index (χ1) is 12.0. The summed E-state index contributed by atoms with van der Waals surface area (Å²) in [5, 5.41) is 3.12. The van der Waals surface area contributed by atoms with Crippen LogP contribution in [0.1, 0.15) is 48.9 Å². The molecule has 4 heteroatoms. The summed E-state index contributed by atoms with van der Waals surface area (Å²) in [5.41, 5.74) is 3.49. The van der Waals surface area contributed by atoms with E-state index < -0.39 is 0 Å². The van der Waals surface area contributed by atoms with E-state index >= 15 is 0 Å². The Balaban J connectivity index is 1.62. The predicted molar refractivity (Wildman–Crippen MR) is 103 cm³/mol. The van der Waals surface area contributed by atoms with Crippen LogP contribution < -0.4 is 10.1 Å². The normalized spacial score (nSPS) is 16.4. The summed E-state index contributed by atoms with van der Waals surface area (Å²) in [4.78, 5) is 13.6. The van der Waals surface area contributed by atoms with E-state index in [1.54, 1.807) is 0 Å². The molecule has 1 aliphatic rings. The minimum absolute atomic E-state index is 0.0498. The fourth-order valence-corrected chi connectivity index (χ4v) is 4.13. The van der Waals surface area contributed by atoms with Crippen molar-refractivity contribution in [2.75, 3.05) is 12.4 Å². The molecule has 1 heterocycles. The van der Waals surface area contributed by atoms with Crippen molar-refractivity contribution < 1.29 is 9.53 Å². The average Bonchev–Trinajstić information content (AvgIpc) is 2.61. The van der Waals surface area contributed by atoms with Crippen LogP contribution in [0.25, 0.3) is 0 Å². The van der Waals surface area contributed by atoms with Gasteiger partial charge in [-0.2, -0.15) is 0 Å². The molecule has 3 rings (SSSR count). The van der Waals surface area contributed by atoms with Gasteiger partial charge in [0, 0.05) is 10.6 Å². The lowest BCUT2D eigenvalue weighted by Gasteiger charge is -2.26. The van der Waals surface area contributed by atoms with E-state index in [1.165, 1.54) is 16.0 Å². The van der Waals surface area contributed by atoms with Gasteiger partial charge in [-0.05, 0) is 48.1 Å². The van der Waals surface area contributed by atoms with Crippen LogP contribution >= 0.6 is 11.8 Å². The molecule has 1 unspecified atom stereocenters. The summed E-state index contributed by atoms with van der Waals surface area (Å²) in [6.07, 6.45) is 0.954. The molecule has 132 valence electrons. The number of aryl methyl sites for hydroxylation is 1. The molecule has 0 aliphatic carbocycles. The van der Waals surface area contributed by atoms with Gasteiger partial charge in [-0.25, -0.2) is 0 Å². The standard InChI is InChI=1S/C21H25NO2S/c1-14(2)16-9-8-15(3)19(12-16)24-13-21(23)22-18-10-11-25-20-7-5-4-6-17(18)20/h4-9,12,14,18H,10-11,13H2,1-3H3,(H,22,23). The molecule has 0 radical (unpaired) electrons. The number of ether oxygens (including phenoxy) is 1. The second-order valence-electron chi connectivity index (χ2n) is 6.76. The number of nitrogens with one attached hydrogen (secondary N) is 1. The summed E-state index contributed by atoms with van der Waals surface area (Å²) < 4.78 is 5.80. The quantitative estimate of drug-likeness (QED) is 0.833. The zero-order valence-electron chi connectivity index (χ0n) is 15.0. The summed E-state index contributed by atoms with van der Waals surface area (Å²) in [7, 11) is 0. The zero-order valence-corrected chi connectivity index (χ0v) is 15.9. The third-order valence-corrected chi connectivity index (χ3v) is 5.65. The number of hydrogen-bond acceptors (Lipinski definition) is 3. The molecule has 0 aromatic heterocycles. The number of benzene rings is 2. The largest absolute Gasteiger partial charge is 0.483 e. The van der Waals surface area contributed by atoms with Crippen molar-refractivity contribution in [2.24, 2.45) is 0 Å². The van der Waals surface area contributed by atoms with E-state index in [2.05, 4.69) is 43.4 Å². The van der Waals surface area contributed by atoms with Gasteiger partial charge in [0.1, 0.15) is 5.75 Å². The third kappa shape index (κ3) is 4.37. The predicted octanol–water partition coefficient (Wildman–Crippen LogP) is 4.85. The molecule has 2 aromatic rings. The van der Waals surface area contributed by atoms with Crippen LogP contribution in [-0.2, 0) is 4.79 Å². The maximum atomic E-state index is 12.4. The molecule has 0 saturated carbocycles. The molecule has 0 saturated heterocycles. The van der Waals surface area contributed by atoms with Gasteiger partial charge >= 0.3 is 0 Å². The molecule has 0 spiro atoms. The van der Waals surface area contributed by atoms with Crippen LogP contribution in [0.3, 0.4) is 0 Å². The fraction of sp³-hybridized carbons (Fsp3) is 0.381. The highest BCUT2D eigenvalue weighted by Gasteiger charge is 2.22. The van der Waals surface area contributed by atoms with Gasteiger partial charge in [0.15, 0.2) is 6.61 Å². The lowest BCUT2D eigenvalue weighted by molar-refractivity contribution is -0.123. The number of carbonyl (C=O) groups is 1. The second kappa shape index (κ2) is 7.96. The summed E-state index contributed by atoms with van der Waals surface area (Å²) >= 11 is 1.85. The van der Waals surface area contributed by atoms with Crippen molar-refractivity contribution in [1.29, 1.82) is 0 Å². The first-order valence-corrected chi connectivity index (χ1v) is 9.77. The van der Waals surface area contributed by atoms with Crippen LogP contribution in [0.15, 0.2) is 47.4 Å². The highest BCUT2D eigenvalue weighted by atomic mass is 32.2. The lowest BCUT2D eigenvalue weighted by Crippen LogP contribution is -2.34. The van der Waals surface area contributed by atoms with Gasteiger partial charge < -0.3 is 10.1 Å². The maximum absolute atomic E-state index is 12.4. The first-order valence-electron chi connectivity index (χ1n) is 8.79. The van der Waals surface area contributed by atoms with E-state index in [9.17, 15) is 4.79 Å². The van der Waals surface area contributed by atoms with Gasteiger partial charge in [0.05, 0.1) is 6.04 Å². The smallest absolute Gasteiger partial charge is 0.258 e. The van der Waals surface area contributed by atoms with E-state index in [0.29, 0.717) is 5.92 Å². The lowest BCUT2D eigenvalue weighted by atomic mass is 10.0. The monoisotopic (exact) mass is 355 g/mol. The molecular weight excluding hydrogens is 330 g/mol. The molecule has 2 aromatic carbocycles. The van der Waals surface area contributed by atoms with Crippen LogP contribution in [0, 0.1) is 6.92 Å². The molecule has 1 aliphatic heterocycles. The summed E-state index contributed by atoms with van der Waals surface area (Å²) in [6, 6.07) is 14.6. The Morgan fingerprint density at radius 3 is 2.88 bits per heavy atom. The van der Waals surface area contributed by atoms with Gasteiger partial charge in [0.25, 0.3) is 5.91 Å². The van der Waals surface area contributed by atoms with Gasteiger partial charge in [0.2, 0.25) is 0 Å². The minimum Gasteiger partial charge on any atom is -0.483 e. The minimum atomic E-state index is -0.0685. The fourth-order valence-electron chi connectivity index (χ4n) is 3.00. The van der Waals surface area contributed by atoms with Gasteiger partial charge in [-0.3, -0.25) is 4.79 Å². The second-order valence-corrected chi connectivity index (χ2v) is 7.90. The number of rotatable bonds is 5. The SMILES string of the molecule is Cc1ccc(C(C)C)cc1OCC(=O)NC1CCSc2ccccc21. The number of carbonyl (C=O) groups excluding carboxylic acids is 1. The number of thioether (sulfide) groups is 1. The van der Waals surface area contributed by atoms with Crippen molar-refractivity contribution in [1.82, 2.24) is 5.32 Å². The molecule has 0 fully saturated rings. The zero-order chi connectivity index (χ0) is 17.8. The molecule has 1 N–H and O–H groups in total. The molecular formula is C21H25NO2S. The molecule has 25 heavy (non-hydrogen) atoms. The van der Waals surface area contributed by atoms with Crippen LogP contribution in [0.2, 0.25) is 0 Å². The van der Waals surface area contributed by atoms with E-state index in [1.807, 2.05) is 36.9 Å². The molecule has 1 amide bonds. The topological polar surface area (TPSA) is 38.3 Å². The number of hydrogen-bond donors (Lipinski definition) is 1. The van der Waals surface area contributed by atoms with E-state index in [-0.39, 0.29) is 18.6 Å². The molecule has 0 bridgehead atoms. The van der Waals surface area contributed by atoms with Crippen molar-refractivity contribution >= 4 is 17.7 Å². The van der Waals surface area contributed by atoms with Gasteiger partial charge in [-0.1, -0.05) is 44.2 Å². The Hall–Kier alpha value is -1.94. The Labute approximate surface area is 154 Å². The van der Waals surface area contributed by atoms with E-state index in [4.69, 9.17) is 4.74 Å². The Morgan fingerprint density at radius 1 is 1.28 bits per heavy atom. The first kappa shape index (κ1) is 17.9. The Bertz CT molecular complexity index is 757. The summed E-state index contributed by atoms with van der Waals surface area (Å²) in [5.74, 6) is 2.19. The highest BCUT2D eigenvalue weighted by Crippen LogP contribution is 2.35. The summed E-state index contributed by atoms with van der Waals surface area (Å²) in [6.45, 7) is 6.36. The molecule has 1 atom stereocenters. The Kier molecular flexibility index (Phi) is 5.69. The maximum Gasteiger partial charge on any atom is 0.258 e.